The van der Waals surface area contributed by atoms with Gasteiger partial charge in [-0.2, -0.15) is 0 Å². The van der Waals surface area contributed by atoms with Crippen molar-refractivity contribution < 1.29 is 9.72 Å². The molecule has 0 fully saturated rings. The minimum absolute atomic E-state index is 0.0189. The van der Waals surface area contributed by atoms with Crippen LogP contribution in [0.5, 0.6) is 0 Å². The molecule has 1 atom stereocenters. The zero-order chi connectivity index (χ0) is 19.4. The van der Waals surface area contributed by atoms with E-state index in [1.54, 1.807) is 18.3 Å². The number of hydrogen-bond acceptors (Lipinski definition) is 6. The maximum Gasteiger partial charge on any atom is 0.269 e. The summed E-state index contributed by atoms with van der Waals surface area (Å²) in [6.07, 6.45) is 0. The number of non-ortho nitro benzene ring substituents is 1. The van der Waals surface area contributed by atoms with Crippen LogP contribution >= 0.6 is 11.3 Å². The van der Waals surface area contributed by atoms with Gasteiger partial charge in [0.15, 0.2) is 0 Å². The molecule has 3 aromatic rings. The van der Waals surface area contributed by atoms with E-state index in [0.29, 0.717) is 5.69 Å². The fourth-order valence-electron chi connectivity index (χ4n) is 2.47. The number of nitro groups is 1. The lowest BCUT2D eigenvalue weighted by Gasteiger charge is -2.15. The molecule has 1 heterocycles. The molecule has 1 unspecified atom stereocenters. The minimum Gasteiger partial charge on any atom is -0.374 e. The molecular weight excluding hydrogens is 364 g/mol. The van der Waals surface area contributed by atoms with Crippen LogP contribution in [0.3, 0.4) is 0 Å². The van der Waals surface area contributed by atoms with Gasteiger partial charge >= 0.3 is 0 Å². The summed E-state index contributed by atoms with van der Waals surface area (Å²) in [6, 6.07) is 13.0. The summed E-state index contributed by atoms with van der Waals surface area (Å²) in [5.41, 5.74) is 3.26. The summed E-state index contributed by atoms with van der Waals surface area (Å²) >= 11 is 1.60. The highest BCUT2D eigenvalue weighted by Gasteiger charge is 2.14. The molecule has 0 aliphatic rings. The molecule has 0 aliphatic heterocycles. The third-order valence-electron chi connectivity index (χ3n) is 3.92. The lowest BCUT2D eigenvalue weighted by molar-refractivity contribution is -0.384. The monoisotopic (exact) mass is 382 g/mol. The minimum atomic E-state index is -0.480. The Labute approximate surface area is 160 Å². The smallest absolute Gasteiger partial charge is 0.269 e. The SMILES string of the molecule is Cc1nc(-c2ccc(NC(C)C(=O)Nc3ccc([N+](=O)[O-])cc3)cc2)cs1. The quantitative estimate of drug-likeness (QED) is 0.484. The van der Waals surface area contributed by atoms with Gasteiger partial charge in [-0.3, -0.25) is 14.9 Å². The van der Waals surface area contributed by atoms with E-state index in [4.69, 9.17) is 0 Å². The summed E-state index contributed by atoms with van der Waals surface area (Å²) in [5.74, 6) is -0.233. The summed E-state index contributed by atoms with van der Waals surface area (Å²) in [5, 5.41) is 19.6. The number of aromatic nitrogens is 1. The Balaban J connectivity index is 1.59. The number of carbonyl (C=O) groups is 1. The number of hydrogen-bond donors (Lipinski definition) is 2. The largest absolute Gasteiger partial charge is 0.374 e. The molecule has 0 saturated heterocycles. The van der Waals surface area contributed by atoms with Crippen molar-refractivity contribution in [1.29, 1.82) is 0 Å². The molecule has 27 heavy (non-hydrogen) atoms. The third-order valence-corrected chi connectivity index (χ3v) is 4.70. The molecule has 138 valence electrons. The second-order valence-electron chi connectivity index (χ2n) is 5.99. The highest BCUT2D eigenvalue weighted by Crippen LogP contribution is 2.23. The van der Waals surface area contributed by atoms with Gasteiger partial charge in [-0.15, -0.1) is 11.3 Å². The first kappa shape index (κ1) is 18.5. The molecule has 1 amide bonds. The van der Waals surface area contributed by atoms with E-state index in [1.165, 1.54) is 24.3 Å². The van der Waals surface area contributed by atoms with Crippen molar-refractivity contribution in [3.8, 4) is 11.3 Å². The van der Waals surface area contributed by atoms with Gasteiger partial charge in [-0.05, 0) is 38.1 Å². The average Bonchev–Trinajstić information content (AvgIpc) is 3.09. The molecule has 2 N–H and O–H groups in total. The molecule has 0 saturated carbocycles. The van der Waals surface area contributed by atoms with Crippen LogP contribution in [0, 0.1) is 17.0 Å². The topological polar surface area (TPSA) is 97.2 Å². The van der Waals surface area contributed by atoms with E-state index >= 15 is 0 Å². The number of rotatable bonds is 6. The molecule has 0 aliphatic carbocycles. The fraction of sp³-hybridized carbons (Fsp3) is 0.158. The predicted molar refractivity (Wildman–Crippen MR) is 107 cm³/mol. The van der Waals surface area contributed by atoms with Crippen LogP contribution in [0.4, 0.5) is 17.1 Å². The standard InChI is InChI=1S/C19H18N4O3S/c1-12(19(24)22-16-7-9-17(10-8-16)23(25)26)20-15-5-3-14(4-6-15)18-11-27-13(2)21-18/h3-12,20H,1-2H3,(H,22,24). The third kappa shape index (κ3) is 4.68. The van der Waals surface area contributed by atoms with E-state index < -0.39 is 11.0 Å². The average molecular weight is 382 g/mol. The van der Waals surface area contributed by atoms with Crippen molar-refractivity contribution in [2.75, 3.05) is 10.6 Å². The lowest BCUT2D eigenvalue weighted by Crippen LogP contribution is -2.31. The van der Waals surface area contributed by atoms with Crippen molar-refractivity contribution in [2.24, 2.45) is 0 Å². The Bertz CT molecular complexity index is 952. The van der Waals surface area contributed by atoms with Crippen LogP contribution < -0.4 is 10.6 Å². The molecule has 7 nitrogen and oxygen atoms in total. The normalized spacial score (nSPS) is 11.6. The van der Waals surface area contributed by atoms with Crippen LogP contribution in [0.2, 0.25) is 0 Å². The molecule has 3 rings (SSSR count). The number of nitrogens with one attached hydrogen (secondary N) is 2. The zero-order valence-electron chi connectivity index (χ0n) is 14.8. The van der Waals surface area contributed by atoms with Gasteiger partial charge < -0.3 is 10.6 Å². The van der Waals surface area contributed by atoms with E-state index in [1.807, 2.05) is 36.6 Å². The number of aryl methyl sites for hydroxylation is 1. The van der Waals surface area contributed by atoms with E-state index in [2.05, 4.69) is 15.6 Å². The van der Waals surface area contributed by atoms with Crippen molar-refractivity contribution >= 4 is 34.3 Å². The fourth-order valence-corrected chi connectivity index (χ4v) is 3.09. The first-order valence-electron chi connectivity index (χ1n) is 8.27. The number of carbonyl (C=O) groups excluding carboxylic acids is 1. The van der Waals surface area contributed by atoms with Gasteiger partial charge in [0, 0.05) is 34.5 Å². The molecule has 0 bridgehead atoms. The zero-order valence-corrected chi connectivity index (χ0v) is 15.6. The maximum absolute atomic E-state index is 12.3. The van der Waals surface area contributed by atoms with Crippen molar-refractivity contribution in [3.05, 3.63) is 69.0 Å². The van der Waals surface area contributed by atoms with Crippen LogP contribution in [0.15, 0.2) is 53.9 Å². The van der Waals surface area contributed by atoms with Gasteiger partial charge in [0.1, 0.15) is 6.04 Å². The first-order chi connectivity index (χ1) is 12.9. The van der Waals surface area contributed by atoms with Crippen LogP contribution in [0.1, 0.15) is 11.9 Å². The summed E-state index contributed by atoms with van der Waals surface area (Å²) in [7, 11) is 0. The van der Waals surface area contributed by atoms with E-state index in [9.17, 15) is 14.9 Å². The summed E-state index contributed by atoms with van der Waals surface area (Å²) < 4.78 is 0. The number of nitro benzene ring substituents is 1. The number of nitrogens with zero attached hydrogens (tertiary/aromatic N) is 2. The second kappa shape index (κ2) is 7.96. The van der Waals surface area contributed by atoms with Gasteiger partial charge in [0.2, 0.25) is 5.91 Å². The highest BCUT2D eigenvalue weighted by atomic mass is 32.1. The van der Waals surface area contributed by atoms with Gasteiger partial charge in [0.05, 0.1) is 15.6 Å². The molecule has 2 aromatic carbocycles. The Morgan fingerprint density at radius 3 is 2.30 bits per heavy atom. The second-order valence-corrected chi connectivity index (χ2v) is 7.05. The Morgan fingerprint density at radius 1 is 1.11 bits per heavy atom. The van der Waals surface area contributed by atoms with E-state index in [-0.39, 0.29) is 11.6 Å². The molecule has 0 radical (unpaired) electrons. The Morgan fingerprint density at radius 2 is 1.74 bits per heavy atom. The van der Waals surface area contributed by atoms with Crippen molar-refractivity contribution in [1.82, 2.24) is 4.98 Å². The highest BCUT2D eigenvalue weighted by molar-refractivity contribution is 7.09. The van der Waals surface area contributed by atoms with Crippen molar-refractivity contribution in [2.45, 2.75) is 19.9 Å². The molecule has 0 spiro atoms. The number of benzene rings is 2. The lowest BCUT2D eigenvalue weighted by atomic mass is 10.1. The number of thiazole rings is 1. The van der Waals surface area contributed by atoms with Gasteiger partial charge in [-0.1, -0.05) is 12.1 Å². The Hall–Kier alpha value is -3.26. The summed E-state index contributed by atoms with van der Waals surface area (Å²) in [6.45, 7) is 3.72. The predicted octanol–water partition coefficient (Wildman–Crippen LogP) is 4.47. The van der Waals surface area contributed by atoms with Gasteiger partial charge in [0.25, 0.3) is 5.69 Å². The van der Waals surface area contributed by atoms with Crippen LogP contribution in [-0.4, -0.2) is 21.9 Å². The van der Waals surface area contributed by atoms with Gasteiger partial charge in [-0.25, -0.2) is 4.98 Å². The maximum atomic E-state index is 12.3. The van der Waals surface area contributed by atoms with Crippen molar-refractivity contribution in [3.63, 3.8) is 0 Å². The molecule has 8 heteroatoms. The van der Waals surface area contributed by atoms with Crippen LogP contribution in [-0.2, 0) is 4.79 Å². The summed E-state index contributed by atoms with van der Waals surface area (Å²) in [4.78, 5) is 27.0. The first-order valence-corrected chi connectivity index (χ1v) is 9.15. The number of amides is 1. The molecular formula is C19H18N4O3S. The van der Waals surface area contributed by atoms with E-state index in [0.717, 1.165) is 22.0 Å². The van der Waals surface area contributed by atoms with Crippen LogP contribution in [0.25, 0.3) is 11.3 Å². The number of anilines is 2. The molecule has 1 aromatic heterocycles. The Kier molecular flexibility index (Phi) is 5.46.